The third-order valence-corrected chi connectivity index (χ3v) is 7.39. The third-order valence-electron chi connectivity index (χ3n) is 5.35. The Kier molecular flexibility index (Phi) is 6.59. The van der Waals surface area contributed by atoms with Gasteiger partial charge in [-0.3, -0.25) is 4.79 Å². The largest absolute Gasteiger partial charge is 0.497 e. The van der Waals surface area contributed by atoms with Crippen LogP contribution in [0.15, 0.2) is 47.4 Å². The minimum Gasteiger partial charge on any atom is -0.497 e. The highest BCUT2D eigenvalue weighted by molar-refractivity contribution is 7.89. The fourth-order valence-electron chi connectivity index (χ4n) is 3.52. The van der Waals surface area contributed by atoms with Gasteiger partial charge < -0.3 is 10.1 Å². The highest BCUT2D eigenvalue weighted by atomic mass is 32.2. The van der Waals surface area contributed by atoms with Crippen LogP contribution in [0.1, 0.15) is 53.7 Å². The van der Waals surface area contributed by atoms with Crippen LogP contribution < -0.4 is 10.1 Å². The van der Waals surface area contributed by atoms with Gasteiger partial charge in [0.1, 0.15) is 5.75 Å². The number of ether oxygens (including phenoxy) is 1. The molecule has 0 saturated carbocycles. The van der Waals surface area contributed by atoms with Crippen LogP contribution >= 0.6 is 0 Å². The summed E-state index contributed by atoms with van der Waals surface area (Å²) in [4.78, 5) is 13.0. The molecule has 29 heavy (non-hydrogen) atoms. The molecule has 1 amide bonds. The second-order valence-corrected chi connectivity index (χ2v) is 9.32. The van der Waals surface area contributed by atoms with E-state index in [9.17, 15) is 13.2 Å². The molecule has 0 bridgehead atoms. The maximum atomic E-state index is 13.1. The van der Waals surface area contributed by atoms with Crippen LogP contribution in [0, 0.1) is 6.92 Å². The Hall–Kier alpha value is -2.38. The molecule has 0 aromatic heterocycles. The standard InChI is InChI=1S/C22H28N2O4S/c1-16-7-8-19(15-21(16)29(26,27)24-13-5-4-6-14-24)22(25)23-17(2)18-9-11-20(28-3)12-10-18/h7-12,15,17H,4-6,13-14H2,1-3H3,(H,23,25). The van der Waals surface area contributed by atoms with Crippen LogP contribution in [0.4, 0.5) is 0 Å². The van der Waals surface area contributed by atoms with Crippen molar-refractivity contribution in [3.8, 4) is 5.75 Å². The van der Waals surface area contributed by atoms with E-state index in [2.05, 4.69) is 5.32 Å². The van der Waals surface area contributed by atoms with Gasteiger partial charge in [-0.05, 0) is 62.1 Å². The fourth-order valence-corrected chi connectivity index (χ4v) is 5.29. The average molecular weight is 417 g/mol. The molecule has 2 aromatic carbocycles. The molecule has 1 fully saturated rings. The summed E-state index contributed by atoms with van der Waals surface area (Å²) in [5.74, 6) is 0.446. The van der Waals surface area contributed by atoms with Gasteiger partial charge in [0.15, 0.2) is 0 Å². The molecule has 0 spiro atoms. The molecule has 2 aromatic rings. The summed E-state index contributed by atoms with van der Waals surface area (Å²) < 4.78 is 32.8. The Morgan fingerprint density at radius 1 is 1.07 bits per heavy atom. The lowest BCUT2D eigenvalue weighted by molar-refractivity contribution is 0.0939. The van der Waals surface area contributed by atoms with Crippen molar-refractivity contribution in [2.75, 3.05) is 20.2 Å². The van der Waals surface area contributed by atoms with Crippen molar-refractivity contribution >= 4 is 15.9 Å². The minimum absolute atomic E-state index is 0.212. The van der Waals surface area contributed by atoms with Crippen LogP contribution in [0.2, 0.25) is 0 Å². The summed E-state index contributed by atoms with van der Waals surface area (Å²) in [5.41, 5.74) is 1.93. The first-order valence-electron chi connectivity index (χ1n) is 9.88. The van der Waals surface area contributed by atoms with Crippen molar-refractivity contribution in [1.82, 2.24) is 9.62 Å². The Balaban J connectivity index is 1.79. The lowest BCUT2D eigenvalue weighted by Gasteiger charge is -2.26. The number of nitrogens with zero attached hydrogens (tertiary/aromatic N) is 1. The lowest BCUT2D eigenvalue weighted by Crippen LogP contribution is -2.36. The Labute approximate surface area is 172 Å². The van der Waals surface area contributed by atoms with Crippen LogP contribution in [0.25, 0.3) is 0 Å². The Morgan fingerprint density at radius 3 is 2.34 bits per heavy atom. The van der Waals surface area contributed by atoms with Crippen LogP contribution in [-0.2, 0) is 10.0 Å². The molecule has 1 atom stereocenters. The predicted molar refractivity (Wildman–Crippen MR) is 113 cm³/mol. The molecular weight excluding hydrogens is 388 g/mol. The van der Waals surface area contributed by atoms with Gasteiger partial charge in [0.2, 0.25) is 10.0 Å². The molecule has 1 aliphatic heterocycles. The van der Waals surface area contributed by atoms with Crippen molar-refractivity contribution in [2.45, 2.75) is 44.0 Å². The van der Waals surface area contributed by atoms with E-state index in [0.29, 0.717) is 24.2 Å². The second kappa shape index (κ2) is 8.97. The zero-order chi connectivity index (χ0) is 21.0. The van der Waals surface area contributed by atoms with Gasteiger partial charge in [0, 0.05) is 18.7 Å². The summed E-state index contributed by atoms with van der Waals surface area (Å²) >= 11 is 0. The van der Waals surface area contributed by atoms with E-state index in [1.807, 2.05) is 31.2 Å². The number of aryl methyl sites for hydroxylation is 1. The first-order chi connectivity index (χ1) is 13.8. The van der Waals surface area contributed by atoms with Crippen molar-refractivity contribution in [3.63, 3.8) is 0 Å². The molecular formula is C22H28N2O4S. The molecule has 156 valence electrons. The smallest absolute Gasteiger partial charge is 0.251 e. The zero-order valence-electron chi connectivity index (χ0n) is 17.1. The number of benzene rings is 2. The summed E-state index contributed by atoms with van der Waals surface area (Å²) in [6.45, 7) is 4.72. The summed E-state index contributed by atoms with van der Waals surface area (Å²) in [6, 6.07) is 12.1. The molecule has 1 N–H and O–H groups in total. The number of amides is 1. The monoisotopic (exact) mass is 416 g/mol. The van der Waals surface area contributed by atoms with Gasteiger partial charge in [0.05, 0.1) is 18.0 Å². The van der Waals surface area contributed by atoms with E-state index in [0.717, 1.165) is 30.6 Å². The number of carbonyl (C=O) groups excluding carboxylic acids is 1. The number of piperidine rings is 1. The summed E-state index contributed by atoms with van der Waals surface area (Å²) in [6.07, 6.45) is 2.80. The van der Waals surface area contributed by atoms with Gasteiger partial charge in [-0.15, -0.1) is 0 Å². The number of hydrogen-bond donors (Lipinski definition) is 1. The highest BCUT2D eigenvalue weighted by Gasteiger charge is 2.28. The first-order valence-corrected chi connectivity index (χ1v) is 11.3. The molecule has 0 aliphatic carbocycles. The van der Waals surface area contributed by atoms with Crippen molar-refractivity contribution in [1.29, 1.82) is 0 Å². The maximum absolute atomic E-state index is 13.1. The van der Waals surface area contributed by atoms with E-state index in [4.69, 9.17) is 4.74 Å². The Bertz CT molecular complexity index is 965. The van der Waals surface area contributed by atoms with Crippen LogP contribution in [0.3, 0.4) is 0 Å². The van der Waals surface area contributed by atoms with Gasteiger partial charge in [-0.25, -0.2) is 8.42 Å². The number of hydrogen-bond acceptors (Lipinski definition) is 4. The second-order valence-electron chi connectivity index (χ2n) is 7.41. The first kappa shape index (κ1) is 21.3. The summed E-state index contributed by atoms with van der Waals surface area (Å²) in [7, 11) is -1.99. The molecule has 0 radical (unpaired) electrons. The quantitative estimate of drug-likeness (QED) is 0.780. The van der Waals surface area contributed by atoms with Gasteiger partial charge >= 0.3 is 0 Å². The number of sulfonamides is 1. The number of nitrogens with one attached hydrogen (secondary N) is 1. The van der Waals surface area contributed by atoms with E-state index >= 15 is 0 Å². The number of methoxy groups -OCH3 is 1. The third kappa shape index (κ3) is 4.79. The normalized spacial score (nSPS) is 16.2. The topological polar surface area (TPSA) is 75.7 Å². The Morgan fingerprint density at radius 2 is 1.72 bits per heavy atom. The van der Waals surface area contributed by atoms with E-state index in [1.54, 1.807) is 26.2 Å². The van der Waals surface area contributed by atoms with Crippen molar-refractivity contribution < 1.29 is 17.9 Å². The molecule has 3 rings (SSSR count). The highest BCUT2D eigenvalue weighted by Crippen LogP contribution is 2.25. The van der Waals surface area contributed by atoms with E-state index in [1.165, 1.54) is 10.4 Å². The van der Waals surface area contributed by atoms with Crippen molar-refractivity contribution in [2.24, 2.45) is 0 Å². The van der Waals surface area contributed by atoms with Crippen LogP contribution in [-0.4, -0.2) is 38.8 Å². The summed E-state index contributed by atoms with van der Waals surface area (Å²) in [5, 5.41) is 2.94. The zero-order valence-corrected chi connectivity index (χ0v) is 18.0. The maximum Gasteiger partial charge on any atom is 0.251 e. The van der Waals surface area contributed by atoms with E-state index < -0.39 is 10.0 Å². The molecule has 1 aliphatic rings. The van der Waals surface area contributed by atoms with Gasteiger partial charge in [-0.2, -0.15) is 4.31 Å². The molecule has 1 saturated heterocycles. The minimum atomic E-state index is -3.60. The van der Waals surface area contributed by atoms with E-state index in [-0.39, 0.29) is 16.8 Å². The number of carbonyl (C=O) groups is 1. The SMILES string of the molecule is COc1ccc(C(C)NC(=O)c2ccc(C)c(S(=O)(=O)N3CCCCC3)c2)cc1. The molecule has 1 unspecified atom stereocenters. The van der Waals surface area contributed by atoms with Crippen molar-refractivity contribution in [3.05, 3.63) is 59.2 Å². The van der Waals surface area contributed by atoms with Crippen LogP contribution in [0.5, 0.6) is 5.75 Å². The lowest BCUT2D eigenvalue weighted by atomic mass is 10.1. The average Bonchev–Trinajstić information content (AvgIpc) is 2.74. The molecule has 6 nitrogen and oxygen atoms in total. The molecule has 7 heteroatoms. The number of rotatable bonds is 6. The fraction of sp³-hybridized carbons (Fsp3) is 0.409. The predicted octanol–water partition coefficient (Wildman–Crippen LogP) is 3.67. The van der Waals surface area contributed by atoms with Gasteiger partial charge in [-0.1, -0.05) is 24.6 Å². The van der Waals surface area contributed by atoms with Gasteiger partial charge in [0.25, 0.3) is 5.91 Å². The molecule has 1 heterocycles.